The molecule has 2 atom stereocenters. The predicted molar refractivity (Wildman–Crippen MR) is 60.4 cm³/mol. The summed E-state index contributed by atoms with van der Waals surface area (Å²) in [6, 6.07) is 0. The van der Waals surface area contributed by atoms with Crippen LogP contribution in [-0.2, 0) is 4.79 Å². The first-order valence-electron chi connectivity index (χ1n) is 5.65. The third-order valence-electron chi connectivity index (χ3n) is 3.50. The molecule has 2 aliphatic rings. The minimum Gasteiger partial charge on any atom is -0.342 e. The van der Waals surface area contributed by atoms with Gasteiger partial charge in [-0.05, 0) is 25.2 Å². The molecule has 0 N–H and O–H groups in total. The van der Waals surface area contributed by atoms with Crippen LogP contribution in [0.15, 0.2) is 0 Å². The first-order chi connectivity index (χ1) is 6.72. The Labute approximate surface area is 94.2 Å². The second-order valence-electron chi connectivity index (χ2n) is 4.51. The van der Waals surface area contributed by atoms with E-state index < -0.39 is 0 Å². The second-order valence-corrected chi connectivity index (χ2v) is 5.81. The summed E-state index contributed by atoms with van der Waals surface area (Å²) in [5.41, 5.74) is 0. The van der Waals surface area contributed by atoms with Gasteiger partial charge < -0.3 is 4.90 Å². The number of carbonyl (C=O) groups excluding carboxylic acids is 1. The summed E-state index contributed by atoms with van der Waals surface area (Å²) in [6.07, 6.45) is 4.55. The van der Waals surface area contributed by atoms with Gasteiger partial charge in [0.15, 0.2) is 0 Å². The summed E-state index contributed by atoms with van der Waals surface area (Å²) in [6.45, 7) is 4.10. The average molecular weight is 260 g/mol. The van der Waals surface area contributed by atoms with Crippen molar-refractivity contribution in [3.63, 3.8) is 0 Å². The largest absolute Gasteiger partial charge is 0.342 e. The molecule has 2 fully saturated rings. The summed E-state index contributed by atoms with van der Waals surface area (Å²) in [4.78, 5) is 14.6. The van der Waals surface area contributed by atoms with Crippen LogP contribution in [0.25, 0.3) is 0 Å². The van der Waals surface area contributed by atoms with Gasteiger partial charge in [0.05, 0.1) is 0 Å². The lowest BCUT2D eigenvalue weighted by Gasteiger charge is -2.29. The Morgan fingerprint density at radius 3 is 2.57 bits per heavy atom. The second kappa shape index (κ2) is 4.21. The maximum absolute atomic E-state index is 11.9. The number of halogens is 1. The van der Waals surface area contributed by atoms with E-state index in [1.165, 1.54) is 6.42 Å². The SMILES string of the molecule is CCC1CC1C(=O)N1CCC(Br)CC1. The molecule has 0 spiro atoms. The first kappa shape index (κ1) is 10.5. The Kier molecular flexibility index (Phi) is 3.15. The number of hydrogen-bond donors (Lipinski definition) is 0. The van der Waals surface area contributed by atoms with Gasteiger partial charge in [-0.1, -0.05) is 29.3 Å². The fraction of sp³-hybridized carbons (Fsp3) is 0.909. The van der Waals surface area contributed by atoms with E-state index in [4.69, 9.17) is 0 Å². The summed E-state index contributed by atoms with van der Waals surface area (Å²) in [7, 11) is 0. The highest BCUT2D eigenvalue weighted by molar-refractivity contribution is 9.09. The highest BCUT2D eigenvalue weighted by Crippen LogP contribution is 2.42. The van der Waals surface area contributed by atoms with Gasteiger partial charge in [-0.15, -0.1) is 0 Å². The van der Waals surface area contributed by atoms with Crippen molar-refractivity contribution in [2.24, 2.45) is 11.8 Å². The number of alkyl halides is 1. The lowest BCUT2D eigenvalue weighted by atomic mass is 10.1. The molecule has 0 aromatic heterocycles. The maximum Gasteiger partial charge on any atom is 0.225 e. The standard InChI is InChI=1S/C11H18BrNO/c1-2-8-7-10(8)11(14)13-5-3-9(12)4-6-13/h8-10H,2-7H2,1H3. The molecule has 1 amide bonds. The predicted octanol–water partition coefficient (Wildman–Crippen LogP) is 2.42. The van der Waals surface area contributed by atoms with Crippen LogP contribution in [0.1, 0.15) is 32.6 Å². The number of rotatable bonds is 2. The van der Waals surface area contributed by atoms with E-state index in [0.717, 1.165) is 32.4 Å². The monoisotopic (exact) mass is 259 g/mol. The van der Waals surface area contributed by atoms with E-state index in [2.05, 4.69) is 27.8 Å². The molecule has 1 heterocycles. The van der Waals surface area contributed by atoms with Crippen LogP contribution in [0.5, 0.6) is 0 Å². The van der Waals surface area contributed by atoms with Gasteiger partial charge in [-0.2, -0.15) is 0 Å². The van der Waals surface area contributed by atoms with Crippen molar-refractivity contribution in [1.82, 2.24) is 4.90 Å². The van der Waals surface area contributed by atoms with Crippen LogP contribution in [0, 0.1) is 11.8 Å². The summed E-state index contributed by atoms with van der Waals surface area (Å²) in [5, 5.41) is 0. The van der Waals surface area contributed by atoms with E-state index >= 15 is 0 Å². The Hall–Kier alpha value is -0.0500. The van der Waals surface area contributed by atoms with E-state index in [1.54, 1.807) is 0 Å². The Morgan fingerprint density at radius 1 is 1.43 bits per heavy atom. The van der Waals surface area contributed by atoms with E-state index in [-0.39, 0.29) is 0 Å². The van der Waals surface area contributed by atoms with E-state index in [0.29, 0.717) is 22.6 Å². The van der Waals surface area contributed by atoms with Crippen LogP contribution < -0.4 is 0 Å². The highest BCUT2D eigenvalue weighted by Gasteiger charge is 2.43. The third-order valence-corrected chi connectivity index (χ3v) is 4.42. The number of piperidine rings is 1. The smallest absolute Gasteiger partial charge is 0.225 e. The minimum atomic E-state index is 0.381. The molecule has 0 radical (unpaired) electrons. The molecule has 2 nitrogen and oxygen atoms in total. The summed E-state index contributed by atoms with van der Waals surface area (Å²) < 4.78 is 0. The third kappa shape index (κ3) is 2.13. The number of hydrogen-bond acceptors (Lipinski definition) is 1. The molecule has 1 saturated heterocycles. The van der Waals surface area contributed by atoms with Crippen LogP contribution in [0.3, 0.4) is 0 Å². The molecule has 0 aromatic rings. The zero-order chi connectivity index (χ0) is 10.1. The quantitative estimate of drug-likeness (QED) is 0.698. The molecule has 1 aliphatic heterocycles. The van der Waals surface area contributed by atoms with Crippen LogP contribution in [0.2, 0.25) is 0 Å². The molecule has 3 heteroatoms. The molecular weight excluding hydrogens is 242 g/mol. The van der Waals surface area contributed by atoms with Crippen molar-refractivity contribution >= 4 is 21.8 Å². The molecule has 2 unspecified atom stereocenters. The van der Waals surface area contributed by atoms with Gasteiger partial charge in [0.2, 0.25) is 5.91 Å². The van der Waals surface area contributed by atoms with Crippen molar-refractivity contribution in [3.05, 3.63) is 0 Å². The minimum absolute atomic E-state index is 0.381. The van der Waals surface area contributed by atoms with Gasteiger partial charge in [0.25, 0.3) is 0 Å². The topological polar surface area (TPSA) is 20.3 Å². The van der Waals surface area contributed by atoms with Crippen molar-refractivity contribution in [2.75, 3.05) is 13.1 Å². The lowest BCUT2D eigenvalue weighted by Crippen LogP contribution is -2.39. The van der Waals surface area contributed by atoms with Crippen LogP contribution in [0.4, 0.5) is 0 Å². The highest BCUT2D eigenvalue weighted by atomic mass is 79.9. The average Bonchev–Trinajstić information content (AvgIpc) is 2.97. The molecule has 14 heavy (non-hydrogen) atoms. The maximum atomic E-state index is 11.9. The first-order valence-corrected chi connectivity index (χ1v) is 6.56. The molecular formula is C11H18BrNO. The summed E-state index contributed by atoms with van der Waals surface area (Å²) in [5.74, 6) is 1.51. The van der Waals surface area contributed by atoms with Crippen molar-refractivity contribution in [1.29, 1.82) is 0 Å². The Balaban J connectivity index is 1.81. The van der Waals surface area contributed by atoms with Gasteiger partial charge >= 0.3 is 0 Å². The van der Waals surface area contributed by atoms with Gasteiger partial charge in [-0.3, -0.25) is 4.79 Å². The van der Waals surface area contributed by atoms with Gasteiger partial charge in [0.1, 0.15) is 0 Å². The number of carbonyl (C=O) groups is 1. The van der Waals surface area contributed by atoms with Gasteiger partial charge in [-0.25, -0.2) is 0 Å². The molecule has 2 rings (SSSR count). The van der Waals surface area contributed by atoms with Crippen molar-refractivity contribution in [2.45, 2.75) is 37.4 Å². The molecule has 0 bridgehead atoms. The number of nitrogens with zero attached hydrogens (tertiary/aromatic N) is 1. The fourth-order valence-corrected chi connectivity index (χ4v) is 2.71. The number of amides is 1. The summed E-state index contributed by atoms with van der Waals surface area (Å²) >= 11 is 3.61. The molecule has 80 valence electrons. The molecule has 1 aliphatic carbocycles. The Morgan fingerprint density at radius 2 is 2.07 bits per heavy atom. The lowest BCUT2D eigenvalue weighted by molar-refractivity contribution is -0.133. The van der Waals surface area contributed by atoms with Gasteiger partial charge in [0, 0.05) is 23.8 Å². The number of likely N-dealkylation sites (tertiary alicyclic amines) is 1. The molecule has 0 aromatic carbocycles. The van der Waals surface area contributed by atoms with E-state index in [1.807, 2.05) is 0 Å². The normalized spacial score (nSPS) is 33.1. The Bertz CT molecular complexity index is 223. The zero-order valence-corrected chi connectivity index (χ0v) is 10.3. The fourth-order valence-electron chi connectivity index (χ4n) is 2.30. The molecule has 1 saturated carbocycles. The van der Waals surface area contributed by atoms with Crippen LogP contribution >= 0.6 is 15.9 Å². The van der Waals surface area contributed by atoms with Crippen molar-refractivity contribution in [3.8, 4) is 0 Å². The van der Waals surface area contributed by atoms with Crippen LogP contribution in [-0.4, -0.2) is 28.7 Å². The van der Waals surface area contributed by atoms with E-state index in [9.17, 15) is 4.79 Å². The van der Waals surface area contributed by atoms with Crippen molar-refractivity contribution < 1.29 is 4.79 Å². The zero-order valence-electron chi connectivity index (χ0n) is 8.71.